The van der Waals surface area contributed by atoms with E-state index in [1.165, 1.54) is 0 Å². The highest BCUT2D eigenvalue weighted by molar-refractivity contribution is 5.94. The number of unbranched alkanes of at least 4 members (excludes halogenated alkanes) is 4. The summed E-state index contributed by atoms with van der Waals surface area (Å²) in [5.74, 6) is 0.388. The predicted molar refractivity (Wildman–Crippen MR) is 86.4 cm³/mol. The highest BCUT2D eigenvalue weighted by Gasteiger charge is 2.03. The molecule has 0 atom stereocenters. The minimum Gasteiger partial charge on any atom is -0.352 e. The number of hydrogen-bond donors (Lipinski definition) is 1. The molecule has 1 rings (SSSR count). The third-order valence-corrected chi connectivity index (χ3v) is 3.51. The summed E-state index contributed by atoms with van der Waals surface area (Å²) >= 11 is 0. The molecular formula is C18H27NO2. The van der Waals surface area contributed by atoms with Gasteiger partial charge < -0.3 is 5.32 Å². The third-order valence-electron chi connectivity index (χ3n) is 3.51. The molecule has 0 aliphatic rings. The minimum atomic E-state index is -0.00894. The van der Waals surface area contributed by atoms with E-state index in [4.69, 9.17) is 0 Å². The first kappa shape index (κ1) is 17.4. The van der Waals surface area contributed by atoms with Crippen molar-refractivity contribution in [2.24, 2.45) is 0 Å². The Morgan fingerprint density at radius 1 is 0.905 bits per heavy atom. The second-order valence-corrected chi connectivity index (χ2v) is 5.43. The summed E-state index contributed by atoms with van der Waals surface area (Å²) < 4.78 is 0. The van der Waals surface area contributed by atoms with Crippen molar-refractivity contribution in [3.63, 3.8) is 0 Å². The van der Waals surface area contributed by atoms with Crippen LogP contribution in [0.1, 0.15) is 68.6 Å². The first-order valence-corrected chi connectivity index (χ1v) is 8.09. The van der Waals surface area contributed by atoms with E-state index in [-0.39, 0.29) is 5.91 Å². The monoisotopic (exact) mass is 289 g/mol. The molecule has 0 bridgehead atoms. The fraction of sp³-hybridized carbons (Fsp3) is 0.556. The summed E-state index contributed by atoms with van der Waals surface area (Å²) in [7, 11) is 0. The smallest absolute Gasteiger partial charge is 0.251 e. The van der Waals surface area contributed by atoms with Gasteiger partial charge in [0.2, 0.25) is 0 Å². The Bertz CT molecular complexity index is 414. The zero-order valence-electron chi connectivity index (χ0n) is 13.1. The van der Waals surface area contributed by atoms with E-state index in [1.807, 2.05) is 30.3 Å². The van der Waals surface area contributed by atoms with Gasteiger partial charge in [-0.25, -0.2) is 0 Å². The van der Waals surface area contributed by atoms with Gasteiger partial charge in [0.05, 0.1) is 0 Å². The van der Waals surface area contributed by atoms with Gasteiger partial charge in [0.15, 0.2) is 0 Å². The molecule has 1 aromatic rings. The van der Waals surface area contributed by atoms with Crippen molar-refractivity contribution < 1.29 is 9.59 Å². The van der Waals surface area contributed by atoms with Gasteiger partial charge in [-0.15, -0.1) is 0 Å². The molecule has 0 radical (unpaired) electrons. The van der Waals surface area contributed by atoms with E-state index < -0.39 is 0 Å². The predicted octanol–water partition coefficient (Wildman–Crippen LogP) is 4.13. The molecule has 116 valence electrons. The Labute approximate surface area is 128 Å². The first-order chi connectivity index (χ1) is 10.2. The van der Waals surface area contributed by atoms with Crippen molar-refractivity contribution in [3.05, 3.63) is 35.9 Å². The Morgan fingerprint density at radius 3 is 2.29 bits per heavy atom. The number of ketones is 1. The number of benzene rings is 1. The lowest BCUT2D eigenvalue weighted by atomic mass is 10.1. The van der Waals surface area contributed by atoms with Crippen LogP contribution in [0.5, 0.6) is 0 Å². The average molecular weight is 289 g/mol. The van der Waals surface area contributed by atoms with E-state index in [2.05, 4.69) is 12.2 Å². The molecule has 0 aliphatic heterocycles. The maximum Gasteiger partial charge on any atom is 0.251 e. The Hall–Kier alpha value is -1.64. The molecule has 1 amide bonds. The molecule has 3 heteroatoms. The van der Waals surface area contributed by atoms with Gasteiger partial charge in [0, 0.05) is 24.9 Å². The number of nitrogens with one attached hydrogen (secondary N) is 1. The minimum absolute atomic E-state index is 0.00894. The van der Waals surface area contributed by atoms with Gasteiger partial charge in [-0.2, -0.15) is 0 Å². The molecule has 0 fully saturated rings. The highest BCUT2D eigenvalue weighted by Crippen LogP contribution is 2.07. The number of carbonyl (C=O) groups is 2. The van der Waals surface area contributed by atoms with E-state index in [0.29, 0.717) is 17.9 Å². The maximum absolute atomic E-state index is 11.8. The molecule has 0 aliphatic carbocycles. The van der Waals surface area contributed by atoms with Crippen LogP contribution in [0.2, 0.25) is 0 Å². The van der Waals surface area contributed by atoms with Crippen molar-refractivity contribution in [2.45, 2.75) is 58.3 Å². The zero-order valence-corrected chi connectivity index (χ0v) is 13.1. The number of Topliss-reactive ketones (excluding diaryl/α,β-unsaturated/α-hetero) is 1. The summed E-state index contributed by atoms with van der Waals surface area (Å²) in [6.07, 6.45) is 7.66. The second kappa shape index (κ2) is 11.1. The van der Waals surface area contributed by atoms with Crippen LogP contribution in [0.15, 0.2) is 30.3 Å². The van der Waals surface area contributed by atoms with E-state index in [9.17, 15) is 9.59 Å². The molecule has 0 saturated carbocycles. The van der Waals surface area contributed by atoms with Crippen molar-refractivity contribution in [3.8, 4) is 0 Å². The van der Waals surface area contributed by atoms with E-state index in [0.717, 1.165) is 51.4 Å². The van der Waals surface area contributed by atoms with Crippen LogP contribution in [0, 0.1) is 0 Å². The fourth-order valence-electron chi connectivity index (χ4n) is 2.19. The summed E-state index contributed by atoms with van der Waals surface area (Å²) in [6.45, 7) is 2.81. The van der Waals surface area contributed by atoms with Crippen LogP contribution in [0.25, 0.3) is 0 Å². The topological polar surface area (TPSA) is 46.2 Å². The number of hydrogen-bond acceptors (Lipinski definition) is 2. The fourth-order valence-corrected chi connectivity index (χ4v) is 2.19. The van der Waals surface area contributed by atoms with Crippen molar-refractivity contribution >= 4 is 11.7 Å². The van der Waals surface area contributed by atoms with Crippen LogP contribution < -0.4 is 5.32 Å². The quantitative estimate of drug-likeness (QED) is 0.623. The van der Waals surface area contributed by atoms with E-state index in [1.54, 1.807) is 0 Å². The number of carbonyl (C=O) groups excluding carboxylic acids is 2. The van der Waals surface area contributed by atoms with E-state index >= 15 is 0 Å². The molecule has 21 heavy (non-hydrogen) atoms. The lowest BCUT2D eigenvalue weighted by Gasteiger charge is -2.05. The summed E-state index contributed by atoms with van der Waals surface area (Å²) in [6, 6.07) is 9.27. The standard InChI is InChI=1S/C18H27NO2/c1-2-3-13-17(20)14-9-4-5-10-15-19-18(21)16-11-7-6-8-12-16/h6-8,11-12H,2-5,9-10,13-15H2,1H3,(H,19,21). The van der Waals surface area contributed by atoms with Gasteiger partial charge in [0.1, 0.15) is 5.78 Å². The molecule has 3 nitrogen and oxygen atoms in total. The zero-order chi connectivity index (χ0) is 15.3. The largest absolute Gasteiger partial charge is 0.352 e. The molecule has 1 aromatic carbocycles. The molecule has 0 aromatic heterocycles. The van der Waals surface area contributed by atoms with Crippen LogP contribution in [0.4, 0.5) is 0 Å². The summed E-state index contributed by atoms with van der Waals surface area (Å²) in [5, 5.41) is 2.92. The molecule has 0 saturated heterocycles. The summed E-state index contributed by atoms with van der Waals surface area (Å²) in [4.78, 5) is 23.2. The van der Waals surface area contributed by atoms with Gasteiger partial charge >= 0.3 is 0 Å². The van der Waals surface area contributed by atoms with Crippen molar-refractivity contribution in [1.29, 1.82) is 0 Å². The lowest BCUT2D eigenvalue weighted by Crippen LogP contribution is -2.24. The van der Waals surface area contributed by atoms with Gasteiger partial charge in [-0.1, -0.05) is 44.4 Å². The molecule has 0 heterocycles. The Kier molecular flexibility index (Phi) is 9.18. The number of amides is 1. The summed E-state index contributed by atoms with van der Waals surface area (Å²) in [5.41, 5.74) is 0.707. The van der Waals surface area contributed by atoms with Crippen LogP contribution >= 0.6 is 0 Å². The maximum atomic E-state index is 11.8. The molecule has 0 unspecified atom stereocenters. The highest BCUT2D eigenvalue weighted by atomic mass is 16.1. The van der Waals surface area contributed by atoms with Gasteiger partial charge in [-0.05, 0) is 31.4 Å². The van der Waals surface area contributed by atoms with Crippen molar-refractivity contribution in [2.75, 3.05) is 6.54 Å². The third kappa shape index (κ3) is 8.28. The number of rotatable bonds is 11. The molecule has 1 N–H and O–H groups in total. The van der Waals surface area contributed by atoms with Crippen LogP contribution in [-0.4, -0.2) is 18.2 Å². The SMILES string of the molecule is CCCCC(=O)CCCCCCNC(=O)c1ccccc1. The van der Waals surface area contributed by atoms with Crippen molar-refractivity contribution in [1.82, 2.24) is 5.32 Å². The molecular weight excluding hydrogens is 262 g/mol. The Balaban J connectivity index is 1.98. The van der Waals surface area contributed by atoms with Gasteiger partial charge in [0.25, 0.3) is 5.91 Å². The van der Waals surface area contributed by atoms with Crippen LogP contribution in [-0.2, 0) is 4.79 Å². The second-order valence-electron chi connectivity index (χ2n) is 5.43. The Morgan fingerprint density at radius 2 is 1.57 bits per heavy atom. The average Bonchev–Trinajstić information content (AvgIpc) is 2.52. The molecule has 0 spiro atoms. The van der Waals surface area contributed by atoms with Gasteiger partial charge in [-0.3, -0.25) is 9.59 Å². The lowest BCUT2D eigenvalue weighted by molar-refractivity contribution is -0.119. The normalized spacial score (nSPS) is 10.3. The van der Waals surface area contributed by atoms with Crippen LogP contribution in [0.3, 0.4) is 0 Å². The first-order valence-electron chi connectivity index (χ1n) is 8.09.